The zero-order valence-corrected chi connectivity index (χ0v) is 21.1. The molecule has 3 saturated carbocycles. The molecule has 36 heavy (non-hydrogen) atoms. The Labute approximate surface area is 212 Å². The SMILES string of the molecule is C[C@@H]1Cc2c([nH]c3ccccc23)[C@@H](c2ccc(NC3CN(CCCF)C3)cc2)N1C12CC(CF)(C1)C2. The lowest BCUT2D eigenvalue weighted by atomic mass is 9.38. The van der Waals surface area contributed by atoms with Gasteiger partial charge in [0.1, 0.15) is 0 Å². The van der Waals surface area contributed by atoms with Gasteiger partial charge in [0.2, 0.25) is 0 Å². The third kappa shape index (κ3) is 3.37. The second-order valence-electron chi connectivity index (χ2n) is 12.1. The van der Waals surface area contributed by atoms with Gasteiger partial charge in [-0.3, -0.25) is 18.6 Å². The van der Waals surface area contributed by atoms with E-state index >= 15 is 0 Å². The molecule has 2 atom stereocenters. The summed E-state index contributed by atoms with van der Waals surface area (Å²) in [6.45, 7) is 4.76. The number of nitrogens with one attached hydrogen (secondary N) is 2. The van der Waals surface area contributed by atoms with Gasteiger partial charge < -0.3 is 10.3 Å². The number of hydrogen-bond donors (Lipinski definition) is 2. The molecule has 2 aliphatic heterocycles. The maximum Gasteiger partial charge on any atom is 0.0952 e. The fraction of sp³-hybridized carbons (Fsp3) is 0.533. The molecule has 190 valence electrons. The van der Waals surface area contributed by atoms with E-state index in [0.717, 1.165) is 51.0 Å². The van der Waals surface area contributed by atoms with E-state index in [-0.39, 0.29) is 30.3 Å². The molecular formula is C30H36F2N4. The predicted octanol–water partition coefficient (Wildman–Crippen LogP) is 5.85. The van der Waals surface area contributed by atoms with Crippen molar-refractivity contribution >= 4 is 16.6 Å². The van der Waals surface area contributed by atoms with Crippen molar-refractivity contribution in [1.29, 1.82) is 0 Å². The van der Waals surface area contributed by atoms with E-state index in [1.165, 1.54) is 27.7 Å². The van der Waals surface area contributed by atoms with Gasteiger partial charge in [-0.05, 0) is 68.4 Å². The highest BCUT2D eigenvalue weighted by atomic mass is 19.1. The molecule has 4 fully saturated rings. The normalized spacial score (nSPS) is 32.0. The van der Waals surface area contributed by atoms with Crippen LogP contribution < -0.4 is 5.32 Å². The van der Waals surface area contributed by atoms with Crippen LogP contribution in [-0.2, 0) is 6.42 Å². The van der Waals surface area contributed by atoms with Crippen molar-refractivity contribution in [3.63, 3.8) is 0 Å². The number of rotatable bonds is 8. The topological polar surface area (TPSA) is 34.3 Å². The summed E-state index contributed by atoms with van der Waals surface area (Å²) in [7, 11) is 0. The second-order valence-corrected chi connectivity index (χ2v) is 12.1. The lowest BCUT2D eigenvalue weighted by Gasteiger charge is -2.75. The summed E-state index contributed by atoms with van der Waals surface area (Å²) in [6.07, 6.45) is 4.63. The maximum atomic E-state index is 13.7. The van der Waals surface area contributed by atoms with Crippen LogP contribution in [0.15, 0.2) is 48.5 Å². The fourth-order valence-electron chi connectivity index (χ4n) is 8.01. The molecule has 3 aromatic rings. The van der Waals surface area contributed by atoms with Crippen LogP contribution in [0.2, 0.25) is 0 Å². The third-order valence-electron chi connectivity index (χ3n) is 9.48. The number of aromatic amines is 1. The minimum absolute atomic E-state index is 0.0420. The molecule has 0 amide bonds. The fourth-order valence-corrected chi connectivity index (χ4v) is 8.01. The van der Waals surface area contributed by atoms with Gasteiger partial charge in [0.15, 0.2) is 0 Å². The molecule has 1 saturated heterocycles. The number of alkyl halides is 2. The van der Waals surface area contributed by atoms with E-state index in [9.17, 15) is 8.78 Å². The maximum absolute atomic E-state index is 13.7. The molecule has 0 spiro atoms. The summed E-state index contributed by atoms with van der Waals surface area (Å²) in [5.74, 6) is 0. The number of benzene rings is 2. The Balaban J connectivity index is 1.18. The monoisotopic (exact) mass is 490 g/mol. The summed E-state index contributed by atoms with van der Waals surface area (Å²) >= 11 is 0. The number of likely N-dealkylation sites (tertiary alicyclic amines) is 1. The van der Waals surface area contributed by atoms with Crippen LogP contribution in [0.25, 0.3) is 10.9 Å². The van der Waals surface area contributed by atoms with Crippen LogP contribution in [0.3, 0.4) is 0 Å². The van der Waals surface area contributed by atoms with Crippen molar-refractivity contribution in [2.45, 2.75) is 62.7 Å². The minimum Gasteiger partial charge on any atom is -0.380 e. The van der Waals surface area contributed by atoms with Gasteiger partial charge in [-0.15, -0.1) is 0 Å². The quantitative estimate of drug-likeness (QED) is 0.416. The molecule has 8 rings (SSSR count). The predicted molar refractivity (Wildman–Crippen MR) is 141 cm³/mol. The third-order valence-corrected chi connectivity index (χ3v) is 9.48. The van der Waals surface area contributed by atoms with Gasteiger partial charge >= 0.3 is 0 Å². The summed E-state index contributed by atoms with van der Waals surface area (Å²) in [4.78, 5) is 8.84. The van der Waals surface area contributed by atoms with Crippen LogP contribution in [0.5, 0.6) is 0 Å². The van der Waals surface area contributed by atoms with Gasteiger partial charge in [0.05, 0.1) is 25.4 Å². The Kier molecular flexibility index (Phi) is 5.23. The number of nitrogens with zero attached hydrogens (tertiary/aromatic N) is 2. The van der Waals surface area contributed by atoms with Crippen molar-refractivity contribution in [3.8, 4) is 0 Å². The van der Waals surface area contributed by atoms with Gasteiger partial charge in [-0.2, -0.15) is 0 Å². The van der Waals surface area contributed by atoms with Crippen molar-refractivity contribution < 1.29 is 8.78 Å². The molecule has 2 aromatic carbocycles. The Bertz CT molecular complexity index is 1240. The first-order valence-corrected chi connectivity index (χ1v) is 13.6. The van der Waals surface area contributed by atoms with E-state index in [1.807, 2.05) is 0 Å². The number of para-hydroxylation sites is 1. The van der Waals surface area contributed by atoms with Crippen molar-refractivity contribution in [2.75, 3.05) is 38.3 Å². The summed E-state index contributed by atoms with van der Waals surface area (Å²) in [5.41, 5.74) is 6.50. The molecule has 5 aliphatic rings. The molecule has 2 N–H and O–H groups in total. The smallest absolute Gasteiger partial charge is 0.0952 e. The molecule has 2 bridgehead atoms. The molecule has 1 aromatic heterocycles. The van der Waals surface area contributed by atoms with Gasteiger partial charge in [-0.25, -0.2) is 0 Å². The number of H-pyrrole nitrogens is 1. The van der Waals surface area contributed by atoms with E-state index in [4.69, 9.17) is 0 Å². The highest BCUT2D eigenvalue weighted by Crippen LogP contribution is 2.72. The zero-order chi connectivity index (χ0) is 24.5. The van der Waals surface area contributed by atoms with Crippen LogP contribution in [-0.4, -0.2) is 65.4 Å². The van der Waals surface area contributed by atoms with Crippen molar-refractivity contribution in [1.82, 2.24) is 14.8 Å². The molecule has 0 radical (unpaired) electrons. The lowest BCUT2D eigenvalue weighted by Crippen LogP contribution is -2.77. The molecule has 3 aliphatic carbocycles. The van der Waals surface area contributed by atoms with E-state index in [0.29, 0.717) is 18.5 Å². The Morgan fingerprint density at radius 1 is 1.03 bits per heavy atom. The van der Waals surface area contributed by atoms with E-state index in [2.05, 4.69) is 75.6 Å². The number of halogens is 2. The van der Waals surface area contributed by atoms with Gasteiger partial charge in [0.25, 0.3) is 0 Å². The lowest BCUT2D eigenvalue weighted by molar-refractivity contribution is -0.246. The molecular weight excluding hydrogens is 454 g/mol. The molecule has 4 nitrogen and oxygen atoms in total. The zero-order valence-electron chi connectivity index (χ0n) is 21.1. The van der Waals surface area contributed by atoms with Gasteiger partial charge in [-0.1, -0.05) is 30.3 Å². The van der Waals surface area contributed by atoms with Gasteiger partial charge in [0, 0.05) is 58.9 Å². The first-order chi connectivity index (χ1) is 17.5. The molecule has 0 unspecified atom stereocenters. The second kappa shape index (κ2) is 8.29. The van der Waals surface area contributed by atoms with E-state index < -0.39 is 0 Å². The average Bonchev–Trinajstić information content (AvgIpc) is 3.18. The average molecular weight is 491 g/mol. The van der Waals surface area contributed by atoms with Crippen molar-refractivity contribution in [3.05, 3.63) is 65.4 Å². The highest BCUT2D eigenvalue weighted by molar-refractivity contribution is 5.85. The van der Waals surface area contributed by atoms with Crippen molar-refractivity contribution in [2.24, 2.45) is 5.41 Å². The van der Waals surface area contributed by atoms with Crippen LogP contribution >= 0.6 is 0 Å². The summed E-state index contributed by atoms with van der Waals surface area (Å²) in [5, 5.41) is 4.99. The number of hydrogen-bond acceptors (Lipinski definition) is 3. The minimum atomic E-state index is -0.235. The summed E-state index contributed by atoms with van der Waals surface area (Å²) < 4.78 is 26.1. The highest BCUT2D eigenvalue weighted by Gasteiger charge is 2.71. The Morgan fingerprint density at radius 3 is 2.50 bits per heavy atom. The molecule has 6 heteroatoms. The summed E-state index contributed by atoms with van der Waals surface area (Å²) in [6, 6.07) is 18.6. The largest absolute Gasteiger partial charge is 0.380 e. The number of anilines is 1. The number of fused-ring (bicyclic) bond motifs is 3. The number of aromatic nitrogens is 1. The molecule has 3 heterocycles. The Morgan fingerprint density at radius 2 is 1.78 bits per heavy atom. The first kappa shape index (κ1) is 22.7. The van der Waals surface area contributed by atoms with Crippen LogP contribution in [0, 0.1) is 5.41 Å². The standard InChI is InChI=1S/C30H36F2N4/c1-20-13-25-24-5-2-3-6-26(24)34-27(25)28(36(20)30-16-29(17-30,18-30)19-32)21-7-9-22(10-8-21)33-23-14-35(15-23)12-4-11-31/h2-3,5-10,20,23,28,33-34H,4,11-19H2,1H3/t20-,28-,29?,30?/m1/s1. The first-order valence-electron chi connectivity index (χ1n) is 13.6. The Hall–Kier alpha value is -2.44. The van der Waals surface area contributed by atoms with E-state index in [1.54, 1.807) is 0 Å². The van der Waals surface area contributed by atoms with Crippen LogP contribution in [0.1, 0.15) is 55.5 Å². The van der Waals surface area contributed by atoms with Crippen LogP contribution in [0.4, 0.5) is 14.5 Å².